The van der Waals surface area contributed by atoms with Crippen LogP contribution in [0.5, 0.6) is 0 Å². The average molecular weight is 506 g/mol. The van der Waals surface area contributed by atoms with Gasteiger partial charge >= 0.3 is 0 Å². The molecule has 0 aliphatic carbocycles. The Balaban J connectivity index is 1.54. The van der Waals surface area contributed by atoms with Gasteiger partial charge in [0.1, 0.15) is 0 Å². The van der Waals surface area contributed by atoms with Crippen molar-refractivity contribution in [2.24, 2.45) is 0 Å². The number of rotatable bonds is 7. The topological polar surface area (TPSA) is 19.4 Å². The van der Waals surface area contributed by atoms with Crippen LogP contribution in [-0.2, 0) is 13.0 Å². The highest BCUT2D eigenvalue weighted by Crippen LogP contribution is 2.41. The highest BCUT2D eigenvalue weighted by atomic mass is 15.2. The van der Waals surface area contributed by atoms with Crippen molar-refractivity contribution < 1.29 is 0 Å². The van der Waals surface area contributed by atoms with Gasteiger partial charge in [-0.25, -0.2) is 0 Å². The summed E-state index contributed by atoms with van der Waals surface area (Å²) in [6.45, 7) is 19.9. The predicted octanol–water partition coefficient (Wildman–Crippen LogP) is 8.31. The molecule has 0 saturated carbocycles. The van der Waals surface area contributed by atoms with Crippen molar-refractivity contribution in [2.75, 3.05) is 19.6 Å². The molecule has 198 valence electrons. The number of fused-ring (bicyclic) bond motifs is 1. The number of pyridine rings is 1. The van der Waals surface area contributed by atoms with Crippen LogP contribution in [0.2, 0.25) is 0 Å². The Morgan fingerprint density at radius 1 is 1.13 bits per heavy atom. The molecular formula is C35H43N3. The molecule has 1 aromatic heterocycles. The van der Waals surface area contributed by atoms with Crippen molar-refractivity contribution in [2.45, 2.75) is 72.4 Å². The molecule has 38 heavy (non-hydrogen) atoms. The molecule has 2 unspecified atom stereocenters. The van der Waals surface area contributed by atoms with Crippen molar-refractivity contribution in [1.29, 1.82) is 0 Å². The molecule has 1 fully saturated rings. The van der Waals surface area contributed by atoms with E-state index in [0.717, 1.165) is 31.7 Å². The Labute approximate surface area is 229 Å². The molecule has 2 aliphatic rings. The number of benzene rings is 2. The molecule has 0 bridgehead atoms. The predicted molar refractivity (Wildman–Crippen MR) is 161 cm³/mol. The summed E-state index contributed by atoms with van der Waals surface area (Å²) in [7, 11) is 0. The first-order chi connectivity index (χ1) is 18.4. The fraction of sp³-hybridized carbons (Fsp3) is 0.400. The van der Waals surface area contributed by atoms with Gasteiger partial charge in [0.25, 0.3) is 0 Å². The first-order valence-corrected chi connectivity index (χ1v) is 14.4. The minimum atomic E-state index is 0.311. The summed E-state index contributed by atoms with van der Waals surface area (Å²) < 4.78 is 0. The molecule has 5 rings (SSSR count). The fourth-order valence-electron chi connectivity index (χ4n) is 6.42. The highest BCUT2D eigenvalue weighted by molar-refractivity contribution is 5.73. The van der Waals surface area contributed by atoms with E-state index in [2.05, 4.69) is 112 Å². The maximum Gasteiger partial charge on any atom is 0.0447 e. The Kier molecular flexibility index (Phi) is 7.85. The standard InChI is InChI=1S/C35H43N3/c1-7-24(3)32-21-31(22-36-26(32)5)30-19-29-16-18-38(27(6)25(4)28-13-10-9-11-14-28)23-34(29)33(20-30)35-15-12-17-37(35)8-2/h7,9-11,13-14,19-22,25,35H,6,8,12,15-18,23H2,1-5H3/b24-7-. The minimum Gasteiger partial charge on any atom is -0.370 e. The Morgan fingerprint density at radius 3 is 2.66 bits per heavy atom. The maximum atomic E-state index is 4.81. The second kappa shape index (κ2) is 11.3. The first kappa shape index (κ1) is 26.4. The van der Waals surface area contributed by atoms with Crippen LogP contribution in [0.4, 0.5) is 0 Å². The van der Waals surface area contributed by atoms with E-state index >= 15 is 0 Å². The summed E-state index contributed by atoms with van der Waals surface area (Å²) >= 11 is 0. The molecule has 1 saturated heterocycles. The highest BCUT2D eigenvalue weighted by Gasteiger charge is 2.31. The van der Waals surface area contributed by atoms with E-state index in [4.69, 9.17) is 4.98 Å². The van der Waals surface area contributed by atoms with Crippen LogP contribution in [0.1, 0.15) is 86.0 Å². The van der Waals surface area contributed by atoms with Gasteiger partial charge in [-0.3, -0.25) is 9.88 Å². The molecule has 2 aliphatic heterocycles. The zero-order valence-electron chi connectivity index (χ0n) is 23.9. The van der Waals surface area contributed by atoms with Crippen LogP contribution in [0.3, 0.4) is 0 Å². The second-order valence-electron chi connectivity index (χ2n) is 11.1. The third-order valence-corrected chi connectivity index (χ3v) is 8.99. The van der Waals surface area contributed by atoms with Crippen molar-refractivity contribution in [1.82, 2.24) is 14.8 Å². The molecule has 3 heterocycles. The van der Waals surface area contributed by atoms with Gasteiger partial charge in [-0.2, -0.15) is 0 Å². The summed E-state index contributed by atoms with van der Waals surface area (Å²) in [4.78, 5) is 10.0. The van der Waals surface area contributed by atoms with Crippen molar-refractivity contribution in [3.05, 3.63) is 107 Å². The summed E-state index contributed by atoms with van der Waals surface area (Å²) in [6, 6.07) is 18.6. The van der Waals surface area contributed by atoms with Crippen molar-refractivity contribution in [3.63, 3.8) is 0 Å². The summed E-state index contributed by atoms with van der Waals surface area (Å²) in [5.74, 6) is 0.311. The van der Waals surface area contributed by atoms with E-state index in [-0.39, 0.29) is 0 Å². The van der Waals surface area contributed by atoms with E-state index in [1.54, 1.807) is 0 Å². The number of hydrogen-bond donors (Lipinski definition) is 0. The summed E-state index contributed by atoms with van der Waals surface area (Å²) in [6.07, 6.45) is 7.81. The van der Waals surface area contributed by atoms with E-state index < -0.39 is 0 Å². The average Bonchev–Trinajstić information content (AvgIpc) is 3.44. The third kappa shape index (κ3) is 5.09. The zero-order valence-corrected chi connectivity index (χ0v) is 23.9. The number of aromatic nitrogens is 1. The quantitative estimate of drug-likeness (QED) is 0.322. The van der Waals surface area contributed by atoms with Crippen LogP contribution in [-0.4, -0.2) is 34.4 Å². The van der Waals surface area contributed by atoms with E-state index in [9.17, 15) is 0 Å². The molecule has 0 amide bonds. The lowest BCUT2D eigenvalue weighted by Gasteiger charge is -2.37. The minimum absolute atomic E-state index is 0.311. The molecule has 3 nitrogen and oxygen atoms in total. The number of aryl methyl sites for hydroxylation is 1. The molecular weight excluding hydrogens is 462 g/mol. The lowest BCUT2D eigenvalue weighted by molar-refractivity contribution is 0.262. The third-order valence-electron chi connectivity index (χ3n) is 8.99. The summed E-state index contributed by atoms with van der Waals surface area (Å²) in [5.41, 5.74) is 13.3. The second-order valence-corrected chi connectivity index (χ2v) is 11.1. The number of hydrogen-bond acceptors (Lipinski definition) is 3. The largest absolute Gasteiger partial charge is 0.370 e. The van der Waals surface area contributed by atoms with Gasteiger partial charge in [-0.05, 0) is 104 Å². The van der Waals surface area contributed by atoms with Crippen LogP contribution < -0.4 is 0 Å². The van der Waals surface area contributed by atoms with Gasteiger partial charge < -0.3 is 4.90 Å². The van der Waals surface area contributed by atoms with Crippen molar-refractivity contribution >= 4 is 5.57 Å². The molecule has 3 aromatic rings. The first-order valence-electron chi connectivity index (χ1n) is 14.4. The molecule has 0 spiro atoms. The van der Waals surface area contributed by atoms with Gasteiger partial charge in [0, 0.05) is 48.2 Å². The van der Waals surface area contributed by atoms with Gasteiger partial charge in [0.05, 0.1) is 0 Å². The van der Waals surface area contributed by atoms with Gasteiger partial charge in [-0.15, -0.1) is 0 Å². The molecule has 3 heteroatoms. The van der Waals surface area contributed by atoms with Crippen LogP contribution >= 0.6 is 0 Å². The monoisotopic (exact) mass is 505 g/mol. The zero-order chi connectivity index (χ0) is 26.8. The van der Waals surface area contributed by atoms with Gasteiger partial charge in [0.15, 0.2) is 0 Å². The number of allylic oxidation sites excluding steroid dienone is 3. The SMILES string of the molecule is C=C(C(C)c1ccccc1)N1CCc2cc(-c3cnc(C)c(/C(C)=C\C)c3)cc(C3CCCN3CC)c2C1. The van der Waals surface area contributed by atoms with Crippen LogP contribution in [0, 0.1) is 6.92 Å². The molecule has 2 aromatic carbocycles. The maximum absolute atomic E-state index is 4.81. The Morgan fingerprint density at radius 2 is 1.92 bits per heavy atom. The lowest BCUT2D eigenvalue weighted by Crippen LogP contribution is -2.33. The Hall–Kier alpha value is -3.17. The van der Waals surface area contributed by atoms with E-state index in [1.807, 2.05) is 0 Å². The number of likely N-dealkylation sites (tertiary alicyclic amines) is 1. The molecule has 0 radical (unpaired) electrons. The van der Waals surface area contributed by atoms with Gasteiger partial charge in [-0.1, -0.05) is 62.9 Å². The Bertz CT molecular complexity index is 1340. The van der Waals surface area contributed by atoms with Crippen LogP contribution in [0.25, 0.3) is 16.7 Å². The molecule has 2 atom stereocenters. The van der Waals surface area contributed by atoms with E-state index in [1.165, 1.54) is 69.6 Å². The lowest BCUT2D eigenvalue weighted by atomic mass is 9.85. The van der Waals surface area contributed by atoms with E-state index in [0.29, 0.717) is 12.0 Å². The van der Waals surface area contributed by atoms with Gasteiger partial charge in [0.2, 0.25) is 0 Å². The summed E-state index contributed by atoms with van der Waals surface area (Å²) in [5, 5.41) is 0. The smallest absolute Gasteiger partial charge is 0.0447 e. The molecule has 0 N–H and O–H groups in total. The fourth-order valence-corrected chi connectivity index (χ4v) is 6.42. The van der Waals surface area contributed by atoms with Crippen molar-refractivity contribution in [3.8, 4) is 11.1 Å². The van der Waals surface area contributed by atoms with Crippen LogP contribution in [0.15, 0.2) is 73.1 Å². The normalized spacial score (nSPS) is 18.9. The number of nitrogens with zero attached hydrogens (tertiary/aromatic N) is 3.